The molecule has 0 atom stereocenters. The second kappa shape index (κ2) is 8.15. The van der Waals surface area contributed by atoms with Crippen molar-refractivity contribution in [3.05, 3.63) is 100 Å². The lowest BCUT2D eigenvalue weighted by atomic mass is 10.0. The maximum absolute atomic E-state index is 10.9. The van der Waals surface area contributed by atoms with Gasteiger partial charge in [-0.25, -0.2) is 0 Å². The van der Waals surface area contributed by atoms with Gasteiger partial charge in [-0.2, -0.15) is 5.26 Å². The zero-order chi connectivity index (χ0) is 18.4. The van der Waals surface area contributed by atoms with E-state index in [9.17, 15) is 15.4 Å². The molecular weight excluding hydrogens is 344 g/mol. The third-order valence-electron chi connectivity index (χ3n) is 3.66. The molecule has 0 aromatic heterocycles. The van der Waals surface area contributed by atoms with Crippen molar-refractivity contribution in [2.24, 2.45) is 0 Å². The van der Waals surface area contributed by atoms with Gasteiger partial charge in [0.1, 0.15) is 0 Å². The van der Waals surface area contributed by atoms with E-state index in [-0.39, 0.29) is 5.69 Å². The molecule has 26 heavy (non-hydrogen) atoms. The maximum Gasteiger partial charge on any atom is 0.270 e. The van der Waals surface area contributed by atoms with Crippen LogP contribution >= 0.6 is 11.8 Å². The minimum absolute atomic E-state index is 0.0294. The van der Waals surface area contributed by atoms with Crippen LogP contribution in [0.2, 0.25) is 0 Å². The Morgan fingerprint density at radius 1 is 0.962 bits per heavy atom. The second-order valence-corrected chi connectivity index (χ2v) is 6.61. The maximum atomic E-state index is 10.9. The topological polar surface area (TPSA) is 66.9 Å². The van der Waals surface area contributed by atoms with Gasteiger partial charge >= 0.3 is 0 Å². The summed E-state index contributed by atoms with van der Waals surface area (Å²) in [5.41, 5.74) is 1.75. The number of nitrogens with zero attached hydrogens (tertiary/aromatic N) is 2. The van der Waals surface area contributed by atoms with E-state index < -0.39 is 4.92 Å². The van der Waals surface area contributed by atoms with Gasteiger partial charge in [-0.05, 0) is 41.5 Å². The zero-order valence-electron chi connectivity index (χ0n) is 13.7. The Hall–Kier alpha value is -3.36. The van der Waals surface area contributed by atoms with E-state index in [4.69, 9.17) is 0 Å². The summed E-state index contributed by atoms with van der Waals surface area (Å²) >= 11 is 1.66. The normalized spacial score (nSPS) is 11.0. The van der Waals surface area contributed by atoms with Crippen molar-refractivity contribution in [2.45, 2.75) is 9.79 Å². The zero-order valence-corrected chi connectivity index (χ0v) is 14.5. The van der Waals surface area contributed by atoms with Crippen LogP contribution in [-0.4, -0.2) is 4.92 Å². The van der Waals surface area contributed by atoms with Gasteiger partial charge in [0.2, 0.25) is 0 Å². The van der Waals surface area contributed by atoms with E-state index in [0.29, 0.717) is 11.1 Å². The minimum atomic E-state index is -0.464. The van der Waals surface area contributed by atoms with Crippen molar-refractivity contribution < 1.29 is 4.92 Å². The number of non-ortho nitro benzene ring substituents is 1. The molecule has 0 saturated heterocycles. The lowest BCUT2D eigenvalue weighted by Gasteiger charge is -2.03. The number of nitro benzene ring substituents is 1. The number of nitriles is 1. The standard InChI is InChI=1S/C21H14N2O2S/c22-15-18(17-5-4-6-19(14-17)23(24)25)13-16-9-11-21(12-10-16)26-20-7-2-1-3-8-20/h1-14H/b18-13-. The van der Waals surface area contributed by atoms with Crippen molar-refractivity contribution in [3.8, 4) is 6.07 Å². The first-order valence-electron chi connectivity index (χ1n) is 7.85. The van der Waals surface area contributed by atoms with Gasteiger partial charge < -0.3 is 0 Å². The molecule has 5 heteroatoms. The molecule has 3 aromatic carbocycles. The smallest absolute Gasteiger partial charge is 0.258 e. The summed E-state index contributed by atoms with van der Waals surface area (Å²) in [5.74, 6) is 0. The molecule has 0 unspecified atom stereocenters. The minimum Gasteiger partial charge on any atom is -0.258 e. The fourth-order valence-corrected chi connectivity index (χ4v) is 3.23. The molecule has 126 valence electrons. The molecule has 0 heterocycles. The number of hydrogen-bond donors (Lipinski definition) is 0. The van der Waals surface area contributed by atoms with Crippen molar-refractivity contribution in [3.63, 3.8) is 0 Å². The Kier molecular flexibility index (Phi) is 5.47. The molecule has 0 amide bonds. The average Bonchev–Trinajstić information content (AvgIpc) is 2.68. The van der Waals surface area contributed by atoms with Gasteiger partial charge in [0, 0.05) is 21.9 Å². The predicted octanol–water partition coefficient (Wildman–Crippen LogP) is 5.81. The molecule has 0 aliphatic carbocycles. The van der Waals surface area contributed by atoms with Crippen LogP contribution in [0.3, 0.4) is 0 Å². The van der Waals surface area contributed by atoms with Crippen molar-refractivity contribution in [1.82, 2.24) is 0 Å². The summed E-state index contributed by atoms with van der Waals surface area (Å²) in [6.07, 6.45) is 1.73. The molecule has 3 rings (SSSR count). The van der Waals surface area contributed by atoms with Gasteiger partial charge in [-0.1, -0.05) is 54.2 Å². The average molecular weight is 358 g/mol. The molecule has 0 spiro atoms. The van der Waals surface area contributed by atoms with Crippen LogP contribution < -0.4 is 0 Å². The monoisotopic (exact) mass is 358 g/mol. The van der Waals surface area contributed by atoms with Gasteiger partial charge in [0.05, 0.1) is 16.6 Å². The van der Waals surface area contributed by atoms with Crippen LogP contribution in [0, 0.1) is 21.4 Å². The van der Waals surface area contributed by atoms with Crippen LogP contribution in [0.25, 0.3) is 11.6 Å². The molecule has 0 radical (unpaired) electrons. The first kappa shape index (κ1) is 17.5. The van der Waals surface area contributed by atoms with E-state index in [0.717, 1.165) is 15.4 Å². The Bertz CT molecular complexity index is 991. The number of rotatable bonds is 5. The molecule has 0 fully saturated rings. The van der Waals surface area contributed by atoms with Crippen LogP contribution in [0.5, 0.6) is 0 Å². The van der Waals surface area contributed by atoms with Gasteiger partial charge in [0.25, 0.3) is 5.69 Å². The number of hydrogen-bond acceptors (Lipinski definition) is 4. The lowest BCUT2D eigenvalue weighted by Crippen LogP contribution is -1.89. The van der Waals surface area contributed by atoms with Gasteiger partial charge in [-0.3, -0.25) is 10.1 Å². The highest BCUT2D eigenvalue weighted by Gasteiger charge is 2.09. The Morgan fingerprint density at radius 2 is 1.65 bits per heavy atom. The molecular formula is C21H14N2O2S. The summed E-state index contributed by atoms with van der Waals surface area (Å²) in [4.78, 5) is 12.7. The summed E-state index contributed by atoms with van der Waals surface area (Å²) in [6, 6.07) is 26.1. The molecule has 0 aliphatic heterocycles. The summed E-state index contributed by atoms with van der Waals surface area (Å²) < 4.78 is 0. The Balaban J connectivity index is 1.83. The number of nitro groups is 1. The summed E-state index contributed by atoms with van der Waals surface area (Å²) in [5, 5.41) is 20.3. The van der Waals surface area contributed by atoms with Gasteiger partial charge in [0.15, 0.2) is 0 Å². The van der Waals surface area contributed by atoms with Crippen LogP contribution in [0.15, 0.2) is 88.7 Å². The van der Waals surface area contributed by atoms with Crippen molar-refractivity contribution >= 4 is 29.1 Å². The van der Waals surface area contributed by atoms with E-state index in [2.05, 4.69) is 18.2 Å². The summed E-state index contributed by atoms with van der Waals surface area (Å²) in [7, 11) is 0. The first-order valence-corrected chi connectivity index (χ1v) is 8.67. The van der Waals surface area contributed by atoms with Gasteiger partial charge in [-0.15, -0.1) is 0 Å². The number of benzene rings is 3. The lowest BCUT2D eigenvalue weighted by molar-refractivity contribution is -0.384. The second-order valence-electron chi connectivity index (χ2n) is 5.46. The van der Waals surface area contributed by atoms with E-state index >= 15 is 0 Å². The highest BCUT2D eigenvalue weighted by molar-refractivity contribution is 7.99. The van der Waals surface area contributed by atoms with E-state index in [1.165, 1.54) is 12.1 Å². The first-order chi connectivity index (χ1) is 12.7. The quantitative estimate of drug-likeness (QED) is 0.250. The van der Waals surface area contributed by atoms with E-state index in [1.807, 2.05) is 42.5 Å². The molecule has 4 nitrogen and oxygen atoms in total. The van der Waals surface area contributed by atoms with Crippen LogP contribution in [-0.2, 0) is 0 Å². The predicted molar refractivity (Wildman–Crippen MR) is 104 cm³/mol. The largest absolute Gasteiger partial charge is 0.270 e. The Morgan fingerprint density at radius 3 is 2.31 bits per heavy atom. The van der Waals surface area contributed by atoms with Crippen molar-refractivity contribution in [2.75, 3.05) is 0 Å². The van der Waals surface area contributed by atoms with Crippen LogP contribution in [0.1, 0.15) is 11.1 Å². The fraction of sp³-hybridized carbons (Fsp3) is 0. The van der Waals surface area contributed by atoms with E-state index in [1.54, 1.807) is 30.0 Å². The molecule has 0 bridgehead atoms. The third-order valence-corrected chi connectivity index (χ3v) is 4.67. The summed E-state index contributed by atoms with van der Waals surface area (Å²) in [6.45, 7) is 0. The fourth-order valence-electron chi connectivity index (χ4n) is 2.39. The molecule has 0 saturated carbocycles. The Labute approximate surface area is 155 Å². The molecule has 0 aliphatic rings. The third kappa shape index (κ3) is 4.38. The van der Waals surface area contributed by atoms with Crippen molar-refractivity contribution in [1.29, 1.82) is 5.26 Å². The van der Waals surface area contributed by atoms with Crippen LogP contribution in [0.4, 0.5) is 5.69 Å². The highest BCUT2D eigenvalue weighted by Crippen LogP contribution is 2.28. The molecule has 3 aromatic rings. The highest BCUT2D eigenvalue weighted by atomic mass is 32.2. The SMILES string of the molecule is N#C/C(=C/c1ccc(Sc2ccccc2)cc1)c1cccc([N+](=O)[O-])c1. The molecule has 0 N–H and O–H groups in total. The number of allylic oxidation sites excluding steroid dienone is 1.